The van der Waals surface area contributed by atoms with Gasteiger partial charge in [0.25, 0.3) is 5.91 Å². The van der Waals surface area contributed by atoms with E-state index in [1.54, 1.807) is 24.3 Å². The summed E-state index contributed by atoms with van der Waals surface area (Å²) in [6.45, 7) is 7.17. The number of benzene rings is 1. The number of amides is 1. The van der Waals surface area contributed by atoms with Gasteiger partial charge in [-0.25, -0.2) is 0 Å². The van der Waals surface area contributed by atoms with E-state index in [1.807, 2.05) is 19.9 Å². The highest BCUT2D eigenvalue weighted by Crippen LogP contribution is 2.19. The van der Waals surface area contributed by atoms with Crippen LogP contribution in [0, 0.1) is 13.8 Å². The maximum absolute atomic E-state index is 12.5. The van der Waals surface area contributed by atoms with E-state index in [0.717, 1.165) is 17.9 Å². The summed E-state index contributed by atoms with van der Waals surface area (Å²) in [7, 11) is 0. The first-order valence-electron chi connectivity index (χ1n) is 8.35. The SMILES string of the molecule is CCn1c(C)cc(C(=O)Nc2ccc(OCCCC(=O)O)cc2)c1C. The van der Waals surface area contributed by atoms with Gasteiger partial charge in [0.1, 0.15) is 5.75 Å². The number of nitrogens with one attached hydrogen (secondary N) is 1. The van der Waals surface area contributed by atoms with E-state index in [2.05, 4.69) is 16.8 Å². The molecule has 0 fully saturated rings. The minimum Gasteiger partial charge on any atom is -0.494 e. The first-order chi connectivity index (χ1) is 11.9. The molecule has 0 saturated heterocycles. The van der Waals surface area contributed by atoms with Gasteiger partial charge < -0.3 is 19.7 Å². The summed E-state index contributed by atoms with van der Waals surface area (Å²) >= 11 is 0. The number of anilines is 1. The molecule has 0 saturated carbocycles. The van der Waals surface area contributed by atoms with Crippen molar-refractivity contribution in [1.29, 1.82) is 0 Å². The second kappa shape index (κ2) is 8.37. The first-order valence-corrected chi connectivity index (χ1v) is 8.35. The van der Waals surface area contributed by atoms with Crippen LogP contribution in [-0.2, 0) is 11.3 Å². The molecule has 6 nitrogen and oxygen atoms in total. The summed E-state index contributed by atoms with van der Waals surface area (Å²) in [5, 5.41) is 11.5. The highest BCUT2D eigenvalue weighted by atomic mass is 16.5. The van der Waals surface area contributed by atoms with Crippen LogP contribution in [0.4, 0.5) is 5.69 Å². The van der Waals surface area contributed by atoms with Crippen LogP contribution in [-0.4, -0.2) is 28.2 Å². The highest BCUT2D eigenvalue weighted by molar-refractivity contribution is 6.05. The van der Waals surface area contributed by atoms with Crippen LogP contribution in [0.2, 0.25) is 0 Å². The molecule has 1 aromatic heterocycles. The second-order valence-corrected chi connectivity index (χ2v) is 5.85. The number of carbonyl (C=O) groups is 2. The van der Waals surface area contributed by atoms with Gasteiger partial charge in [-0.15, -0.1) is 0 Å². The molecule has 6 heteroatoms. The fraction of sp³-hybridized carbons (Fsp3) is 0.368. The average molecular weight is 344 g/mol. The summed E-state index contributed by atoms with van der Waals surface area (Å²) in [6.07, 6.45) is 0.547. The largest absolute Gasteiger partial charge is 0.494 e. The van der Waals surface area contributed by atoms with Gasteiger partial charge >= 0.3 is 5.97 Å². The van der Waals surface area contributed by atoms with Gasteiger partial charge in [-0.05, 0) is 57.5 Å². The maximum atomic E-state index is 12.5. The van der Waals surface area contributed by atoms with E-state index in [4.69, 9.17) is 9.84 Å². The number of ether oxygens (including phenoxy) is 1. The zero-order valence-electron chi connectivity index (χ0n) is 14.8. The molecule has 2 N–H and O–H groups in total. The summed E-state index contributed by atoms with van der Waals surface area (Å²) in [5.41, 5.74) is 3.38. The molecule has 0 atom stereocenters. The predicted molar refractivity (Wildman–Crippen MR) is 96.3 cm³/mol. The Balaban J connectivity index is 1.94. The fourth-order valence-corrected chi connectivity index (χ4v) is 2.76. The Kier molecular flexibility index (Phi) is 6.22. The van der Waals surface area contributed by atoms with Crippen LogP contribution >= 0.6 is 0 Å². The highest BCUT2D eigenvalue weighted by Gasteiger charge is 2.15. The van der Waals surface area contributed by atoms with Crippen molar-refractivity contribution < 1.29 is 19.4 Å². The van der Waals surface area contributed by atoms with E-state index in [-0.39, 0.29) is 12.3 Å². The Hall–Kier alpha value is -2.76. The lowest BCUT2D eigenvalue weighted by Crippen LogP contribution is -2.13. The quantitative estimate of drug-likeness (QED) is 0.717. The molecule has 2 rings (SSSR count). The van der Waals surface area contributed by atoms with Crippen LogP contribution in [0.3, 0.4) is 0 Å². The van der Waals surface area contributed by atoms with Gasteiger partial charge in [0.05, 0.1) is 12.2 Å². The van der Waals surface area contributed by atoms with Crippen molar-refractivity contribution in [3.05, 3.63) is 47.3 Å². The third kappa shape index (κ3) is 4.86. The molecule has 134 valence electrons. The van der Waals surface area contributed by atoms with Crippen molar-refractivity contribution in [2.45, 2.75) is 40.2 Å². The number of carbonyl (C=O) groups excluding carboxylic acids is 1. The molecule has 0 unspecified atom stereocenters. The third-order valence-corrected chi connectivity index (χ3v) is 4.05. The lowest BCUT2D eigenvalue weighted by atomic mass is 10.2. The Morgan fingerprint density at radius 1 is 1.20 bits per heavy atom. The summed E-state index contributed by atoms with van der Waals surface area (Å²) < 4.78 is 7.57. The van der Waals surface area contributed by atoms with Crippen LogP contribution in [0.5, 0.6) is 5.75 Å². The van der Waals surface area contributed by atoms with E-state index in [1.165, 1.54) is 0 Å². The average Bonchev–Trinajstić information content (AvgIpc) is 2.87. The molecule has 0 aliphatic rings. The zero-order chi connectivity index (χ0) is 18.4. The van der Waals surface area contributed by atoms with Crippen molar-refractivity contribution in [2.24, 2.45) is 0 Å². The number of aryl methyl sites for hydroxylation is 1. The molecule has 1 amide bonds. The molecular formula is C19H24N2O4. The molecule has 0 spiro atoms. The topological polar surface area (TPSA) is 80.6 Å². The van der Waals surface area contributed by atoms with E-state index in [9.17, 15) is 9.59 Å². The van der Waals surface area contributed by atoms with Gasteiger partial charge in [-0.2, -0.15) is 0 Å². The van der Waals surface area contributed by atoms with Crippen molar-refractivity contribution in [2.75, 3.05) is 11.9 Å². The molecule has 25 heavy (non-hydrogen) atoms. The molecule has 1 heterocycles. The Morgan fingerprint density at radius 3 is 2.44 bits per heavy atom. The Labute approximate surface area is 147 Å². The molecule has 0 aliphatic carbocycles. The van der Waals surface area contributed by atoms with Gasteiger partial charge in [0.15, 0.2) is 0 Å². The standard InChI is InChI=1S/C19H24N2O4/c1-4-21-13(2)12-17(14(21)3)19(24)20-15-7-9-16(10-8-15)25-11-5-6-18(22)23/h7-10,12H,4-6,11H2,1-3H3,(H,20,24)(H,22,23). The van der Waals surface area contributed by atoms with E-state index < -0.39 is 5.97 Å². The third-order valence-electron chi connectivity index (χ3n) is 4.05. The normalized spacial score (nSPS) is 10.5. The monoisotopic (exact) mass is 344 g/mol. The molecule has 2 aromatic rings. The van der Waals surface area contributed by atoms with Gasteiger partial charge in [0, 0.05) is 30.0 Å². The summed E-state index contributed by atoms with van der Waals surface area (Å²) in [5.74, 6) is -0.320. The van der Waals surface area contributed by atoms with Gasteiger partial charge in [-0.3, -0.25) is 9.59 Å². The minimum absolute atomic E-state index is 0.0876. The van der Waals surface area contributed by atoms with Gasteiger partial charge in [0.2, 0.25) is 0 Å². The van der Waals surface area contributed by atoms with E-state index >= 15 is 0 Å². The maximum Gasteiger partial charge on any atom is 0.303 e. The zero-order valence-corrected chi connectivity index (χ0v) is 14.8. The number of carboxylic acid groups (broad SMARTS) is 1. The minimum atomic E-state index is -0.830. The Bertz CT molecular complexity index is 748. The summed E-state index contributed by atoms with van der Waals surface area (Å²) in [4.78, 5) is 22.9. The van der Waals surface area contributed by atoms with Crippen molar-refractivity contribution in [3.8, 4) is 5.75 Å². The lowest BCUT2D eigenvalue weighted by molar-refractivity contribution is -0.137. The van der Waals surface area contributed by atoms with Crippen LogP contribution in [0.15, 0.2) is 30.3 Å². The second-order valence-electron chi connectivity index (χ2n) is 5.85. The van der Waals surface area contributed by atoms with E-state index in [0.29, 0.717) is 30.0 Å². The number of carboxylic acids is 1. The molecule has 0 radical (unpaired) electrons. The number of aromatic nitrogens is 1. The van der Waals surface area contributed by atoms with Crippen molar-refractivity contribution in [1.82, 2.24) is 4.57 Å². The first kappa shape index (κ1) is 18.6. The molecule has 0 aliphatic heterocycles. The number of hydrogen-bond acceptors (Lipinski definition) is 3. The number of hydrogen-bond donors (Lipinski definition) is 2. The van der Waals surface area contributed by atoms with Crippen molar-refractivity contribution in [3.63, 3.8) is 0 Å². The number of nitrogens with zero attached hydrogens (tertiary/aromatic N) is 1. The smallest absolute Gasteiger partial charge is 0.303 e. The van der Waals surface area contributed by atoms with Gasteiger partial charge in [-0.1, -0.05) is 0 Å². The van der Waals surface area contributed by atoms with Crippen LogP contribution in [0.1, 0.15) is 41.5 Å². The van der Waals surface area contributed by atoms with Crippen molar-refractivity contribution >= 4 is 17.6 Å². The van der Waals surface area contributed by atoms with Crippen LogP contribution < -0.4 is 10.1 Å². The van der Waals surface area contributed by atoms with Crippen LogP contribution in [0.25, 0.3) is 0 Å². The lowest BCUT2D eigenvalue weighted by Gasteiger charge is -2.09. The number of rotatable bonds is 8. The number of aliphatic carboxylic acids is 1. The molecule has 1 aromatic carbocycles. The molecule has 0 bridgehead atoms. The molecular weight excluding hydrogens is 320 g/mol. The summed E-state index contributed by atoms with van der Waals surface area (Å²) in [6, 6.07) is 8.94. The Morgan fingerprint density at radius 2 is 1.88 bits per heavy atom. The fourth-order valence-electron chi connectivity index (χ4n) is 2.76. The predicted octanol–water partition coefficient (Wildman–Crippen LogP) is 3.62.